The van der Waals surface area contributed by atoms with Gasteiger partial charge >= 0.3 is 5.97 Å². The second-order valence-electron chi connectivity index (χ2n) is 9.46. The van der Waals surface area contributed by atoms with Crippen molar-refractivity contribution in [1.29, 1.82) is 0 Å². The molecule has 0 aliphatic carbocycles. The van der Waals surface area contributed by atoms with Crippen molar-refractivity contribution < 1.29 is 29.1 Å². The molecule has 13 heteroatoms. The number of fused-ring (bicyclic) bond motifs is 1. The zero-order chi connectivity index (χ0) is 28.3. The molecule has 2 fully saturated rings. The fraction of sp³-hybridized carbons (Fsp3) is 0.308. The van der Waals surface area contributed by atoms with Crippen LogP contribution in [0, 0.1) is 0 Å². The molecule has 4 atom stereocenters. The molecule has 0 bridgehead atoms. The molecule has 0 spiro atoms. The number of β-lactam (4-membered cyclic amide) rings is 1. The van der Waals surface area contributed by atoms with Gasteiger partial charge in [0.05, 0.1) is 0 Å². The predicted octanol–water partition coefficient (Wildman–Crippen LogP) is 0.933. The van der Waals surface area contributed by atoms with E-state index in [0.29, 0.717) is 11.1 Å². The Morgan fingerprint density at radius 1 is 1.08 bits per heavy atom. The largest absolute Gasteiger partial charge is 0.480 e. The van der Waals surface area contributed by atoms with Crippen molar-refractivity contribution >= 4 is 53.3 Å². The predicted molar refractivity (Wildman–Crippen MR) is 145 cm³/mol. The summed E-state index contributed by atoms with van der Waals surface area (Å²) in [6, 6.07) is 11.9. The highest BCUT2D eigenvalue weighted by Crippen LogP contribution is 2.50. The summed E-state index contributed by atoms with van der Waals surface area (Å²) < 4.78 is -0.742. The van der Waals surface area contributed by atoms with Gasteiger partial charge < -0.3 is 26.0 Å². The lowest BCUT2D eigenvalue weighted by atomic mass is 9.95. The average Bonchev–Trinajstić information content (AvgIpc) is 3.18. The number of carboxylic acids is 1. The molecule has 12 nitrogen and oxygen atoms in total. The minimum absolute atomic E-state index is 0.338. The van der Waals surface area contributed by atoms with Crippen molar-refractivity contribution in [1.82, 2.24) is 21.0 Å². The van der Waals surface area contributed by atoms with Crippen molar-refractivity contribution in [3.8, 4) is 0 Å². The number of hydrogen-bond acceptors (Lipinski definition) is 8. The minimum atomic E-state index is -1.17. The van der Waals surface area contributed by atoms with Crippen molar-refractivity contribution in [2.45, 2.75) is 42.1 Å². The maximum absolute atomic E-state index is 13.3. The molecule has 39 heavy (non-hydrogen) atoms. The maximum Gasteiger partial charge on any atom is 0.327 e. The number of nitrogens with zero attached hydrogens (tertiary/aromatic N) is 2. The third-order valence-electron chi connectivity index (χ3n) is 6.44. The number of carboxylic acid groups (broad SMARTS) is 1. The van der Waals surface area contributed by atoms with E-state index in [2.05, 4.69) is 26.5 Å². The fourth-order valence-corrected chi connectivity index (χ4v) is 6.14. The van der Waals surface area contributed by atoms with Crippen LogP contribution in [0.25, 0.3) is 0 Å². The van der Waals surface area contributed by atoms with Crippen LogP contribution in [-0.4, -0.2) is 75.1 Å². The Kier molecular flexibility index (Phi) is 7.90. The number of aliphatic carboxylic acids is 1. The molecule has 1 unspecified atom stereocenters. The van der Waals surface area contributed by atoms with Crippen LogP contribution < -0.4 is 21.4 Å². The van der Waals surface area contributed by atoms with E-state index >= 15 is 0 Å². The molecule has 2 aliphatic heterocycles. The van der Waals surface area contributed by atoms with E-state index in [1.165, 1.54) is 16.7 Å². The lowest BCUT2D eigenvalue weighted by molar-refractivity contribution is -0.161. The zero-order valence-corrected chi connectivity index (χ0v) is 22.2. The van der Waals surface area contributed by atoms with Gasteiger partial charge in [-0.15, -0.1) is 11.8 Å². The van der Waals surface area contributed by atoms with Crippen molar-refractivity contribution in [2.75, 3.05) is 12.4 Å². The molecule has 4 rings (SSSR count). The number of hydrogen-bond donors (Lipinski definition) is 5. The van der Waals surface area contributed by atoms with Gasteiger partial charge in [0.15, 0.2) is 0 Å². The molecule has 2 aromatic rings. The average molecular weight is 553 g/mol. The summed E-state index contributed by atoms with van der Waals surface area (Å²) in [4.78, 5) is 64.0. The van der Waals surface area contributed by atoms with Gasteiger partial charge in [0.25, 0.3) is 11.8 Å². The number of nitrogens with one attached hydrogen (secondary N) is 4. The molecule has 0 saturated carbocycles. The second kappa shape index (κ2) is 11.2. The van der Waals surface area contributed by atoms with Gasteiger partial charge in [-0.25, -0.2) is 10.2 Å². The van der Waals surface area contributed by atoms with Gasteiger partial charge in [-0.1, -0.05) is 30.3 Å². The Balaban J connectivity index is 1.41. The number of amides is 4. The number of rotatable bonds is 9. The van der Waals surface area contributed by atoms with Gasteiger partial charge in [-0.05, 0) is 43.7 Å². The van der Waals surface area contributed by atoms with Gasteiger partial charge in [0.1, 0.15) is 29.7 Å². The Bertz CT molecular complexity index is 1320. The number of hydrazone groups is 1. The zero-order valence-electron chi connectivity index (χ0n) is 21.4. The van der Waals surface area contributed by atoms with Crippen molar-refractivity contribution in [2.24, 2.45) is 5.10 Å². The lowest BCUT2D eigenvalue weighted by Gasteiger charge is -2.44. The minimum Gasteiger partial charge on any atom is -0.480 e. The van der Waals surface area contributed by atoms with Crippen molar-refractivity contribution in [3.63, 3.8) is 0 Å². The molecule has 204 valence electrons. The van der Waals surface area contributed by atoms with E-state index in [-0.39, 0.29) is 0 Å². The van der Waals surface area contributed by atoms with Crippen LogP contribution in [0.2, 0.25) is 0 Å². The molecule has 2 aromatic carbocycles. The van der Waals surface area contributed by atoms with Crippen molar-refractivity contribution in [3.05, 3.63) is 65.7 Å². The van der Waals surface area contributed by atoms with Gasteiger partial charge in [-0.3, -0.25) is 19.2 Å². The molecule has 2 saturated heterocycles. The van der Waals surface area contributed by atoms with Crippen LogP contribution in [0.15, 0.2) is 59.7 Å². The summed E-state index contributed by atoms with van der Waals surface area (Å²) >= 11 is 1.30. The van der Waals surface area contributed by atoms with E-state index in [1.807, 2.05) is 0 Å². The molecule has 0 aromatic heterocycles. The maximum atomic E-state index is 13.3. The second-order valence-corrected chi connectivity index (χ2v) is 11.2. The van der Waals surface area contributed by atoms with Gasteiger partial charge in [0.2, 0.25) is 11.8 Å². The van der Waals surface area contributed by atoms with E-state index < -0.39 is 57.8 Å². The van der Waals surface area contributed by atoms with E-state index in [4.69, 9.17) is 0 Å². The summed E-state index contributed by atoms with van der Waals surface area (Å²) in [6.07, 6.45) is 0.839. The number of thioether (sulfide) groups is 1. The molecule has 2 aliphatic rings. The Labute approximate surface area is 228 Å². The summed E-state index contributed by atoms with van der Waals surface area (Å²) in [5.41, 5.74) is 3.88. The third kappa shape index (κ3) is 5.72. The summed E-state index contributed by atoms with van der Waals surface area (Å²) in [5.74, 6) is -3.53. The number of anilines is 1. The third-order valence-corrected chi connectivity index (χ3v) is 8.01. The van der Waals surface area contributed by atoms with Crippen LogP contribution in [-0.2, 0) is 19.2 Å². The quantitative estimate of drug-likeness (QED) is 0.174. The monoisotopic (exact) mass is 552 g/mol. The van der Waals surface area contributed by atoms with E-state index in [9.17, 15) is 29.1 Å². The summed E-state index contributed by atoms with van der Waals surface area (Å²) in [6.45, 7) is 3.48. The molecule has 2 heterocycles. The highest BCUT2D eigenvalue weighted by atomic mass is 32.2. The number of carbonyl (C=O) groups is 5. The summed E-state index contributed by atoms with van der Waals surface area (Å²) in [7, 11) is 1.75. The molecule has 5 N–H and O–H groups in total. The number of carbonyl (C=O) groups excluding carboxylic acids is 4. The first-order valence-electron chi connectivity index (χ1n) is 12.0. The van der Waals surface area contributed by atoms with Crippen LogP contribution >= 0.6 is 11.8 Å². The van der Waals surface area contributed by atoms with E-state index in [0.717, 1.165) is 11.9 Å². The lowest BCUT2D eigenvalue weighted by Crippen LogP contribution is -2.71. The molecule has 4 amide bonds. The highest BCUT2D eigenvalue weighted by molar-refractivity contribution is 8.01. The van der Waals surface area contributed by atoms with Crippen LogP contribution in [0.4, 0.5) is 5.69 Å². The van der Waals surface area contributed by atoms with Gasteiger partial charge in [0, 0.05) is 23.0 Å². The number of benzene rings is 2. The summed E-state index contributed by atoms with van der Waals surface area (Å²) in [5, 5.41) is 20.9. The van der Waals surface area contributed by atoms with Gasteiger partial charge in [-0.2, -0.15) is 5.10 Å². The Morgan fingerprint density at radius 3 is 2.36 bits per heavy atom. The molecule has 0 radical (unpaired) electrons. The van der Waals surface area contributed by atoms with Crippen LogP contribution in [0.3, 0.4) is 0 Å². The topological polar surface area (TPSA) is 169 Å². The van der Waals surface area contributed by atoms with E-state index in [1.54, 1.807) is 75.5 Å². The molecular weight excluding hydrogens is 524 g/mol. The Hall–Kier alpha value is -4.39. The van der Waals surface area contributed by atoms with Crippen LogP contribution in [0.1, 0.15) is 35.8 Å². The fourth-order valence-electron chi connectivity index (χ4n) is 4.51. The molecular formula is C26H28N6O6S. The van der Waals surface area contributed by atoms with Crippen LogP contribution in [0.5, 0.6) is 0 Å². The first-order chi connectivity index (χ1) is 18.5. The standard InChI is InChI=1S/C26H28N6O6S/c1-26(2)20(25(37)38)32-23(36)19(24(32)39-26)30-22(35)18(14-7-5-4-6-8-14)29-17(33)13-28-31-21(34)15-9-11-16(27-3)12-10-15/h4-13,18-20,24,27H,1-3H3,(H,29,33)(H,30,35)(H,31,34)(H,37,38)/b28-13+/t18?,19-,20+,24-/m1/s1. The Morgan fingerprint density at radius 2 is 1.74 bits per heavy atom. The first kappa shape index (κ1) is 27.6. The highest BCUT2D eigenvalue weighted by Gasteiger charge is 2.64. The normalized spacial score (nSPS) is 21.9. The smallest absolute Gasteiger partial charge is 0.327 e. The SMILES string of the molecule is CNc1ccc(C(=O)N/N=C/C(=O)NC(C(=O)N[C@@H]2C(=O)N3[C@@H]2SC(C)(C)[C@@H]3C(=O)O)c2ccccc2)cc1. The first-order valence-corrected chi connectivity index (χ1v) is 12.9.